The molecule has 0 radical (unpaired) electrons. The predicted molar refractivity (Wildman–Crippen MR) is 135 cm³/mol. The van der Waals surface area contributed by atoms with Gasteiger partial charge in [0.15, 0.2) is 11.5 Å². The van der Waals surface area contributed by atoms with E-state index in [0.717, 1.165) is 27.4 Å². The van der Waals surface area contributed by atoms with Crippen LogP contribution in [0.2, 0.25) is 0 Å². The fourth-order valence-electron chi connectivity index (χ4n) is 3.74. The number of rotatable bonds is 8. The quantitative estimate of drug-likeness (QED) is 0.468. The van der Waals surface area contributed by atoms with E-state index in [0.29, 0.717) is 28.4 Å². The molecule has 9 heteroatoms. The van der Waals surface area contributed by atoms with Crippen LogP contribution in [0.25, 0.3) is 16.8 Å². The molecular formula is C26H24N2O6S. The minimum Gasteiger partial charge on any atom is -0.493 e. The van der Waals surface area contributed by atoms with Crippen molar-refractivity contribution in [1.29, 1.82) is 0 Å². The van der Waals surface area contributed by atoms with Gasteiger partial charge >= 0.3 is 0 Å². The lowest BCUT2D eigenvalue weighted by Gasteiger charge is -2.14. The Morgan fingerprint density at radius 3 is 2.29 bits per heavy atom. The number of thioether (sulfide) groups is 1. The van der Waals surface area contributed by atoms with Crippen molar-refractivity contribution < 1.29 is 28.6 Å². The fraction of sp³-hybridized carbons (Fsp3) is 0.192. The molecule has 3 amide bonds. The Kier molecular flexibility index (Phi) is 7.26. The molecule has 1 aliphatic rings. The highest BCUT2D eigenvalue weighted by Gasteiger charge is 2.34. The van der Waals surface area contributed by atoms with E-state index in [1.54, 1.807) is 24.3 Å². The van der Waals surface area contributed by atoms with Gasteiger partial charge in [-0.05, 0) is 58.4 Å². The molecule has 0 aliphatic carbocycles. The van der Waals surface area contributed by atoms with Crippen molar-refractivity contribution >= 4 is 45.7 Å². The van der Waals surface area contributed by atoms with Crippen molar-refractivity contribution in [3.63, 3.8) is 0 Å². The number of ether oxygens (including phenoxy) is 3. The molecule has 0 saturated carbocycles. The first-order valence-corrected chi connectivity index (χ1v) is 11.6. The SMILES string of the molecule is COc1cc(C=C2SC(=O)N(CCNC(=O)c3ccc4ccccc4c3)C2=O)cc(OC)c1OC. The molecule has 35 heavy (non-hydrogen) atoms. The number of nitrogens with one attached hydrogen (secondary N) is 1. The maximum absolute atomic E-state index is 12.9. The zero-order valence-corrected chi connectivity index (χ0v) is 20.3. The Morgan fingerprint density at radius 1 is 0.943 bits per heavy atom. The van der Waals surface area contributed by atoms with E-state index in [-0.39, 0.29) is 23.9 Å². The number of carbonyl (C=O) groups excluding carboxylic acids is 3. The lowest BCUT2D eigenvalue weighted by Crippen LogP contribution is -2.37. The highest BCUT2D eigenvalue weighted by molar-refractivity contribution is 8.18. The fourth-order valence-corrected chi connectivity index (χ4v) is 4.61. The largest absolute Gasteiger partial charge is 0.493 e. The molecule has 4 rings (SSSR count). The van der Waals surface area contributed by atoms with Crippen LogP contribution in [0.5, 0.6) is 17.2 Å². The summed E-state index contributed by atoms with van der Waals surface area (Å²) in [6.07, 6.45) is 1.60. The third-order valence-corrected chi connectivity index (χ3v) is 6.40. The van der Waals surface area contributed by atoms with Crippen LogP contribution in [0.1, 0.15) is 15.9 Å². The van der Waals surface area contributed by atoms with Crippen molar-refractivity contribution in [2.45, 2.75) is 0 Å². The number of methoxy groups -OCH3 is 3. The second-order valence-corrected chi connectivity index (χ2v) is 8.60. The zero-order chi connectivity index (χ0) is 24.9. The number of imide groups is 1. The van der Waals surface area contributed by atoms with Crippen LogP contribution in [0.4, 0.5) is 4.79 Å². The van der Waals surface area contributed by atoms with Gasteiger partial charge in [0.25, 0.3) is 17.1 Å². The van der Waals surface area contributed by atoms with E-state index in [1.807, 2.05) is 36.4 Å². The number of fused-ring (bicyclic) bond motifs is 1. The van der Waals surface area contributed by atoms with Gasteiger partial charge in [0, 0.05) is 18.7 Å². The Labute approximate surface area is 206 Å². The molecule has 1 N–H and O–H groups in total. The monoisotopic (exact) mass is 492 g/mol. The minimum absolute atomic E-state index is 0.0661. The van der Waals surface area contributed by atoms with Crippen LogP contribution < -0.4 is 19.5 Å². The first-order chi connectivity index (χ1) is 16.9. The standard InChI is InChI=1S/C26H24N2O6S/c1-32-20-12-16(13-21(33-2)23(20)34-3)14-22-25(30)28(26(31)35-22)11-10-27-24(29)19-9-8-17-6-4-5-7-18(17)15-19/h4-9,12-15H,10-11H2,1-3H3,(H,27,29). The van der Waals surface area contributed by atoms with E-state index in [2.05, 4.69) is 5.32 Å². The molecule has 1 saturated heterocycles. The molecule has 3 aromatic carbocycles. The molecule has 0 spiro atoms. The second-order valence-electron chi connectivity index (χ2n) is 7.61. The van der Waals surface area contributed by atoms with Gasteiger partial charge in [-0.1, -0.05) is 30.3 Å². The highest BCUT2D eigenvalue weighted by atomic mass is 32.2. The van der Waals surface area contributed by atoms with Crippen LogP contribution >= 0.6 is 11.8 Å². The first kappa shape index (κ1) is 24.2. The molecule has 8 nitrogen and oxygen atoms in total. The summed E-state index contributed by atoms with van der Waals surface area (Å²) in [6.45, 7) is 0.206. The van der Waals surface area contributed by atoms with Crippen molar-refractivity contribution in [1.82, 2.24) is 10.2 Å². The van der Waals surface area contributed by atoms with Gasteiger partial charge in [0.1, 0.15) is 0 Å². The molecule has 180 valence electrons. The number of carbonyl (C=O) groups is 3. The summed E-state index contributed by atoms with van der Waals surface area (Å²) >= 11 is 0.843. The summed E-state index contributed by atoms with van der Waals surface area (Å²) < 4.78 is 16.0. The van der Waals surface area contributed by atoms with Crippen LogP contribution in [0.15, 0.2) is 59.5 Å². The highest BCUT2D eigenvalue weighted by Crippen LogP contribution is 2.40. The topological polar surface area (TPSA) is 94.2 Å². The third-order valence-electron chi connectivity index (χ3n) is 5.49. The van der Waals surface area contributed by atoms with E-state index >= 15 is 0 Å². The predicted octanol–water partition coefficient (Wildman–Crippen LogP) is 4.33. The zero-order valence-electron chi connectivity index (χ0n) is 19.5. The molecule has 0 unspecified atom stereocenters. The van der Waals surface area contributed by atoms with Gasteiger partial charge in [-0.15, -0.1) is 0 Å². The Hall–Kier alpha value is -3.98. The normalized spacial score (nSPS) is 14.5. The lowest BCUT2D eigenvalue weighted by molar-refractivity contribution is -0.122. The molecule has 1 heterocycles. The summed E-state index contributed by atoms with van der Waals surface area (Å²) in [5.74, 6) is 0.620. The lowest BCUT2D eigenvalue weighted by atomic mass is 10.1. The van der Waals surface area contributed by atoms with Gasteiger partial charge in [-0.25, -0.2) is 0 Å². The van der Waals surface area contributed by atoms with E-state index in [9.17, 15) is 14.4 Å². The molecule has 1 aliphatic heterocycles. The van der Waals surface area contributed by atoms with E-state index in [1.165, 1.54) is 21.3 Å². The van der Waals surface area contributed by atoms with Crippen molar-refractivity contribution in [2.75, 3.05) is 34.4 Å². The smallest absolute Gasteiger partial charge is 0.293 e. The van der Waals surface area contributed by atoms with Gasteiger partial charge in [0.2, 0.25) is 5.75 Å². The van der Waals surface area contributed by atoms with Crippen molar-refractivity contribution in [3.05, 3.63) is 70.6 Å². The number of hydrogen-bond acceptors (Lipinski definition) is 7. The number of benzene rings is 3. The molecule has 0 atom stereocenters. The second kappa shape index (κ2) is 10.5. The Morgan fingerprint density at radius 2 is 1.63 bits per heavy atom. The van der Waals surface area contributed by atoms with Gasteiger partial charge in [0.05, 0.1) is 26.2 Å². The van der Waals surface area contributed by atoms with Gasteiger partial charge < -0.3 is 19.5 Å². The summed E-state index contributed by atoms with van der Waals surface area (Å²) in [7, 11) is 4.51. The minimum atomic E-state index is -0.422. The van der Waals surface area contributed by atoms with Crippen LogP contribution in [0.3, 0.4) is 0 Å². The maximum Gasteiger partial charge on any atom is 0.293 e. The van der Waals surface area contributed by atoms with Crippen molar-refractivity contribution in [3.8, 4) is 17.2 Å². The summed E-state index contributed by atoms with van der Waals surface area (Å²) in [6, 6.07) is 16.6. The van der Waals surface area contributed by atoms with Gasteiger partial charge in [-0.2, -0.15) is 0 Å². The molecule has 0 aromatic heterocycles. The average Bonchev–Trinajstić information content (AvgIpc) is 3.14. The number of nitrogens with zero attached hydrogens (tertiary/aromatic N) is 1. The first-order valence-electron chi connectivity index (χ1n) is 10.8. The van der Waals surface area contributed by atoms with Crippen LogP contribution in [-0.4, -0.2) is 56.4 Å². The van der Waals surface area contributed by atoms with Crippen LogP contribution in [-0.2, 0) is 4.79 Å². The summed E-state index contributed by atoms with van der Waals surface area (Å²) in [4.78, 5) is 39.3. The number of hydrogen-bond donors (Lipinski definition) is 1. The molecule has 3 aromatic rings. The Balaban J connectivity index is 1.42. The van der Waals surface area contributed by atoms with E-state index in [4.69, 9.17) is 14.2 Å². The maximum atomic E-state index is 12.9. The van der Waals surface area contributed by atoms with Crippen LogP contribution in [0, 0.1) is 0 Å². The summed E-state index contributed by atoms with van der Waals surface area (Å²) in [5, 5.41) is 4.39. The average molecular weight is 493 g/mol. The third kappa shape index (κ3) is 5.09. The summed E-state index contributed by atoms with van der Waals surface area (Å²) in [5.41, 5.74) is 1.13. The molecule has 0 bridgehead atoms. The van der Waals surface area contributed by atoms with Gasteiger partial charge in [-0.3, -0.25) is 19.3 Å². The number of amides is 3. The molecule has 1 fully saturated rings. The Bertz CT molecular complexity index is 1310. The van der Waals surface area contributed by atoms with E-state index < -0.39 is 11.1 Å². The van der Waals surface area contributed by atoms with Crippen molar-refractivity contribution in [2.24, 2.45) is 0 Å². The molecular weight excluding hydrogens is 468 g/mol.